The van der Waals surface area contributed by atoms with Crippen molar-refractivity contribution in [2.24, 2.45) is 0 Å². The first-order valence-corrected chi connectivity index (χ1v) is 13.7. The van der Waals surface area contributed by atoms with Gasteiger partial charge in [-0.3, -0.25) is 13.9 Å². The molecule has 1 aliphatic rings. The number of para-hydroxylation sites is 2. The molecule has 0 radical (unpaired) electrons. The van der Waals surface area contributed by atoms with Crippen LogP contribution in [0.4, 0.5) is 17.1 Å². The van der Waals surface area contributed by atoms with Crippen molar-refractivity contribution >= 4 is 38.9 Å². The molecule has 9 heteroatoms. The number of hydrogen-bond donors (Lipinski definition) is 2. The molecule has 0 saturated carbocycles. The van der Waals surface area contributed by atoms with Crippen LogP contribution < -0.4 is 19.7 Å². The number of hydrogen-bond acceptors (Lipinski definition) is 5. The number of nitrogens with zero attached hydrogens (tertiary/aromatic N) is 1. The van der Waals surface area contributed by atoms with E-state index in [-0.39, 0.29) is 23.6 Å². The van der Waals surface area contributed by atoms with E-state index in [0.29, 0.717) is 28.4 Å². The van der Waals surface area contributed by atoms with Crippen LogP contribution in [-0.4, -0.2) is 38.6 Å². The predicted molar refractivity (Wildman–Crippen MR) is 146 cm³/mol. The van der Waals surface area contributed by atoms with Crippen LogP contribution in [0.15, 0.2) is 72.8 Å². The van der Waals surface area contributed by atoms with Gasteiger partial charge in [0, 0.05) is 16.9 Å². The Hall–Kier alpha value is -3.85. The molecule has 4 rings (SSSR count). The maximum Gasteiger partial charge on any atom is 0.267 e. The highest BCUT2D eigenvalue weighted by atomic mass is 32.2. The van der Waals surface area contributed by atoms with Crippen LogP contribution in [0.3, 0.4) is 0 Å². The average Bonchev–Trinajstić information content (AvgIpc) is 2.87. The molecule has 3 aromatic rings. The summed E-state index contributed by atoms with van der Waals surface area (Å²) >= 11 is 0. The quantitative estimate of drug-likeness (QED) is 0.485. The van der Waals surface area contributed by atoms with Crippen LogP contribution in [0.25, 0.3) is 0 Å². The van der Waals surface area contributed by atoms with Gasteiger partial charge in [0.1, 0.15) is 5.75 Å². The number of amides is 2. The summed E-state index contributed by atoms with van der Waals surface area (Å²) in [7, 11) is -3.61. The molecule has 194 valence electrons. The molecule has 3 aromatic carbocycles. The number of carbonyl (C=O) groups excluding carboxylic acids is 2. The third-order valence-electron chi connectivity index (χ3n) is 6.13. The van der Waals surface area contributed by atoms with Gasteiger partial charge in [-0.2, -0.15) is 0 Å². The van der Waals surface area contributed by atoms with E-state index in [0.717, 1.165) is 5.56 Å². The summed E-state index contributed by atoms with van der Waals surface area (Å²) in [5.41, 5.74) is 3.00. The van der Waals surface area contributed by atoms with Crippen LogP contribution in [-0.2, 0) is 20.2 Å². The number of fused-ring (bicyclic) bond motifs is 1. The molecule has 0 bridgehead atoms. The van der Waals surface area contributed by atoms with E-state index < -0.39 is 22.0 Å². The summed E-state index contributed by atoms with van der Waals surface area (Å²) in [5, 5.41) is 5.62. The third-order valence-corrected chi connectivity index (χ3v) is 7.88. The first-order valence-electron chi connectivity index (χ1n) is 12.1. The maximum atomic E-state index is 13.1. The van der Waals surface area contributed by atoms with Crippen molar-refractivity contribution in [1.29, 1.82) is 0 Å². The van der Waals surface area contributed by atoms with E-state index in [2.05, 4.69) is 31.4 Å². The zero-order valence-corrected chi connectivity index (χ0v) is 22.1. The van der Waals surface area contributed by atoms with Gasteiger partial charge in [0.15, 0.2) is 6.10 Å². The lowest BCUT2D eigenvalue weighted by Gasteiger charge is -2.34. The SMILES string of the molecule is CCS(=O)(=O)N1CC(C(=O)Nc2cccc(NC(=O)c3ccc(C(C)(C)C)cc3)c2)Oc2ccccc21. The summed E-state index contributed by atoms with van der Waals surface area (Å²) in [6.07, 6.45) is -1.05. The number of benzene rings is 3. The van der Waals surface area contributed by atoms with Crippen LogP contribution in [0.5, 0.6) is 5.75 Å². The lowest BCUT2D eigenvalue weighted by atomic mass is 9.87. The van der Waals surface area contributed by atoms with Crippen molar-refractivity contribution < 1.29 is 22.7 Å². The third kappa shape index (κ3) is 5.94. The largest absolute Gasteiger partial charge is 0.476 e. The first kappa shape index (κ1) is 26.2. The number of nitrogens with one attached hydrogen (secondary N) is 2. The number of ether oxygens (including phenoxy) is 1. The van der Waals surface area contributed by atoms with Gasteiger partial charge < -0.3 is 15.4 Å². The number of carbonyl (C=O) groups is 2. The van der Waals surface area contributed by atoms with Crippen LogP contribution >= 0.6 is 0 Å². The van der Waals surface area contributed by atoms with E-state index in [9.17, 15) is 18.0 Å². The van der Waals surface area contributed by atoms with E-state index in [1.54, 1.807) is 67.6 Å². The highest BCUT2D eigenvalue weighted by Crippen LogP contribution is 2.35. The summed E-state index contributed by atoms with van der Waals surface area (Å²) in [6.45, 7) is 7.75. The highest BCUT2D eigenvalue weighted by Gasteiger charge is 2.36. The summed E-state index contributed by atoms with van der Waals surface area (Å²) < 4.78 is 32.4. The van der Waals surface area contributed by atoms with Crippen LogP contribution in [0.2, 0.25) is 0 Å². The molecule has 1 atom stereocenters. The molecule has 0 fully saturated rings. The Morgan fingerprint density at radius 3 is 2.24 bits per heavy atom. The molecule has 1 aliphatic heterocycles. The molecule has 0 spiro atoms. The van der Waals surface area contributed by atoms with Crippen LogP contribution in [0, 0.1) is 0 Å². The van der Waals surface area contributed by atoms with E-state index >= 15 is 0 Å². The molecule has 37 heavy (non-hydrogen) atoms. The fourth-order valence-electron chi connectivity index (χ4n) is 3.98. The van der Waals surface area contributed by atoms with Gasteiger partial charge in [-0.25, -0.2) is 8.42 Å². The van der Waals surface area contributed by atoms with Gasteiger partial charge in [-0.05, 0) is 60.4 Å². The van der Waals surface area contributed by atoms with E-state index in [4.69, 9.17) is 4.74 Å². The fraction of sp³-hybridized carbons (Fsp3) is 0.286. The van der Waals surface area contributed by atoms with E-state index in [1.165, 1.54) is 4.31 Å². The monoisotopic (exact) mass is 521 g/mol. The lowest BCUT2D eigenvalue weighted by Crippen LogP contribution is -2.49. The average molecular weight is 522 g/mol. The summed E-state index contributed by atoms with van der Waals surface area (Å²) in [6, 6.07) is 20.9. The Balaban J connectivity index is 1.46. The lowest BCUT2D eigenvalue weighted by molar-refractivity contribution is -0.122. The van der Waals surface area contributed by atoms with E-state index in [1.807, 2.05) is 12.1 Å². The second-order valence-electron chi connectivity index (χ2n) is 9.86. The number of anilines is 3. The van der Waals surface area contributed by atoms with Gasteiger partial charge in [0.05, 0.1) is 18.0 Å². The van der Waals surface area contributed by atoms with Gasteiger partial charge in [0.25, 0.3) is 11.8 Å². The van der Waals surface area contributed by atoms with Gasteiger partial charge in [-0.15, -0.1) is 0 Å². The molecule has 2 amide bonds. The molecule has 0 saturated heterocycles. The smallest absolute Gasteiger partial charge is 0.267 e. The minimum atomic E-state index is -3.61. The first-order chi connectivity index (χ1) is 17.5. The molecule has 0 aliphatic carbocycles. The molecular formula is C28H31N3O5S. The van der Waals surface area contributed by atoms with Crippen molar-refractivity contribution in [3.63, 3.8) is 0 Å². The number of rotatable bonds is 6. The minimum absolute atomic E-state index is 0.0105. The molecule has 2 N–H and O–H groups in total. The standard InChI is InChI=1S/C28H31N3O5S/c1-5-37(34,35)31-18-25(36-24-12-7-6-11-23(24)31)27(33)30-22-10-8-9-21(17-22)29-26(32)19-13-15-20(16-14-19)28(2,3)4/h6-17,25H,5,18H2,1-4H3,(H,29,32)(H,30,33). The Morgan fingerprint density at radius 1 is 0.946 bits per heavy atom. The second kappa shape index (κ2) is 10.3. The molecule has 0 aromatic heterocycles. The normalized spacial score (nSPS) is 15.4. The van der Waals surface area contributed by atoms with Crippen molar-refractivity contribution in [2.45, 2.75) is 39.2 Å². The Kier molecular flexibility index (Phi) is 7.27. The second-order valence-corrected chi connectivity index (χ2v) is 12.0. The van der Waals surface area contributed by atoms with Crippen molar-refractivity contribution in [3.05, 3.63) is 83.9 Å². The van der Waals surface area contributed by atoms with Gasteiger partial charge >= 0.3 is 0 Å². The topological polar surface area (TPSA) is 105 Å². The Bertz CT molecular complexity index is 1410. The Morgan fingerprint density at radius 2 is 1.59 bits per heavy atom. The zero-order valence-electron chi connectivity index (χ0n) is 21.3. The van der Waals surface area contributed by atoms with Crippen molar-refractivity contribution in [1.82, 2.24) is 0 Å². The molecule has 1 unspecified atom stereocenters. The summed E-state index contributed by atoms with van der Waals surface area (Å²) in [5.74, 6) is -0.538. The molecule has 8 nitrogen and oxygen atoms in total. The summed E-state index contributed by atoms with van der Waals surface area (Å²) in [4.78, 5) is 25.8. The fourth-order valence-corrected chi connectivity index (χ4v) is 5.11. The van der Waals surface area contributed by atoms with Gasteiger partial charge in [-0.1, -0.05) is 51.1 Å². The van der Waals surface area contributed by atoms with Crippen LogP contribution in [0.1, 0.15) is 43.6 Å². The van der Waals surface area contributed by atoms with Gasteiger partial charge in [0.2, 0.25) is 10.0 Å². The maximum absolute atomic E-state index is 13.1. The zero-order chi connectivity index (χ0) is 26.8. The Labute approximate surface area is 217 Å². The highest BCUT2D eigenvalue weighted by molar-refractivity contribution is 7.92. The predicted octanol–water partition coefficient (Wildman–Crippen LogP) is 4.79. The number of sulfonamides is 1. The molecular weight excluding hydrogens is 490 g/mol. The molecule has 1 heterocycles. The van der Waals surface area contributed by atoms with Crippen molar-refractivity contribution in [3.8, 4) is 5.75 Å². The van der Waals surface area contributed by atoms with Crippen molar-refractivity contribution in [2.75, 3.05) is 27.2 Å². The minimum Gasteiger partial charge on any atom is -0.476 e.